The average Bonchev–Trinajstić information content (AvgIpc) is 3.00. The molecule has 2 rings (SSSR count). The Morgan fingerprint density at radius 2 is 2.05 bits per heavy atom. The Balaban J connectivity index is 2.22. The summed E-state index contributed by atoms with van der Waals surface area (Å²) in [6, 6.07) is 0. The molecule has 22 heavy (non-hydrogen) atoms. The van der Waals surface area contributed by atoms with Crippen molar-refractivity contribution in [1.82, 2.24) is 20.0 Å². The number of amides is 2. The maximum Gasteiger partial charge on any atom is 0.257 e. The molecule has 122 valence electrons. The quantitative estimate of drug-likeness (QED) is 0.857. The van der Waals surface area contributed by atoms with Gasteiger partial charge in [-0.15, -0.1) is 0 Å². The summed E-state index contributed by atoms with van der Waals surface area (Å²) in [7, 11) is 5.05. The molecule has 0 bridgehead atoms. The molecule has 7 nitrogen and oxygen atoms in total. The number of hydrogen-bond acceptors (Lipinski definition) is 4. The van der Waals surface area contributed by atoms with Crippen molar-refractivity contribution < 1.29 is 14.3 Å². The first-order valence-corrected chi connectivity index (χ1v) is 7.40. The molecule has 1 aromatic rings. The van der Waals surface area contributed by atoms with Crippen molar-refractivity contribution in [3.8, 4) is 0 Å². The molecular formula is C15H24N4O3. The zero-order chi connectivity index (χ0) is 16.4. The molecule has 1 aliphatic heterocycles. The van der Waals surface area contributed by atoms with Gasteiger partial charge in [0.25, 0.3) is 5.91 Å². The fraction of sp³-hybridized carbons (Fsp3) is 0.667. The average molecular weight is 308 g/mol. The summed E-state index contributed by atoms with van der Waals surface area (Å²) in [4.78, 5) is 26.6. The maximum atomic E-state index is 12.8. The number of hydrogen-bond donors (Lipinski definition) is 1. The molecule has 7 heteroatoms. The first-order chi connectivity index (χ1) is 10.4. The van der Waals surface area contributed by atoms with Crippen LogP contribution in [0.3, 0.4) is 0 Å². The fourth-order valence-electron chi connectivity index (χ4n) is 3.14. The highest BCUT2D eigenvalue weighted by Gasteiger charge is 2.40. The van der Waals surface area contributed by atoms with Gasteiger partial charge >= 0.3 is 0 Å². The number of aromatic nitrogens is 2. The second-order valence-electron chi connectivity index (χ2n) is 5.82. The first-order valence-electron chi connectivity index (χ1n) is 7.40. The summed E-state index contributed by atoms with van der Waals surface area (Å²) in [5, 5.41) is 6.97. The van der Waals surface area contributed by atoms with Crippen LogP contribution in [-0.4, -0.2) is 60.3 Å². The Bertz CT molecular complexity index is 582. The van der Waals surface area contributed by atoms with Crippen molar-refractivity contribution in [2.24, 2.45) is 18.9 Å². The topological polar surface area (TPSA) is 76.5 Å². The highest BCUT2D eigenvalue weighted by Crippen LogP contribution is 2.27. The van der Waals surface area contributed by atoms with Crippen LogP contribution in [0.1, 0.15) is 21.7 Å². The van der Waals surface area contributed by atoms with Crippen LogP contribution in [-0.2, 0) is 16.6 Å². The van der Waals surface area contributed by atoms with Crippen molar-refractivity contribution in [1.29, 1.82) is 0 Å². The van der Waals surface area contributed by atoms with E-state index in [1.54, 1.807) is 23.7 Å². The smallest absolute Gasteiger partial charge is 0.257 e. The normalized spacial score (nSPS) is 21.2. The summed E-state index contributed by atoms with van der Waals surface area (Å²) in [6.07, 6.45) is 0. The third kappa shape index (κ3) is 2.85. The molecule has 1 saturated heterocycles. The van der Waals surface area contributed by atoms with Gasteiger partial charge in [0.2, 0.25) is 5.91 Å². The highest BCUT2D eigenvalue weighted by atomic mass is 16.5. The monoisotopic (exact) mass is 308 g/mol. The van der Waals surface area contributed by atoms with Crippen molar-refractivity contribution in [3.63, 3.8) is 0 Å². The number of aryl methyl sites for hydroxylation is 2. The second kappa shape index (κ2) is 6.48. The Hall–Kier alpha value is -1.89. The van der Waals surface area contributed by atoms with Crippen molar-refractivity contribution in [2.45, 2.75) is 13.8 Å². The minimum atomic E-state index is -0.230. The van der Waals surface area contributed by atoms with Gasteiger partial charge in [-0.05, 0) is 13.8 Å². The molecule has 2 heterocycles. The predicted octanol–water partition coefficient (Wildman–Crippen LogP) is 0.118. The van der Waals surface area contributed by atoms with Crippen LogP contribution in [0.4, 0.5) is 0 Å². The lowest BCUT2D eigenvalue weighted by Crippen LogP contribution is -2.34. The highest BCUT2D eigenvalue weighted by molar-refractivity contribution is 5.97. The standard InChI is InChI=1S/C15H24N4O3/c1-9-13(10(2)18(4)17-9)15(21)19-6-11(8-22-5)12(7-19)14(20)16-3/h11-12H,6-8H2,1-5H3,(H,16,20)/t11-,12+/m0/s1. The van der Waals surface area contributed by atoms with Gasteiger partial charge in [0.05, 0.1) is 23.8 Å². The number of nitrogens with zero attached hydrogens (tertiary/aromatic N) is 3. The first kappa shape index (κ1) is 16.5. The Kier molecular flexibility index (Phi) is 4.85. The molecule has 0 radical (unpaired) electrons. The van der Waals surface area contributed by atoms with E-state index in [1.165, 1.54) is 0 Å². The summed E-state index contributed by atoms with van der Waals surface area (Å²) < 4.78 is 6.91. The fourth-order valence-corrected chi connectivity index (χ4v) is 3.14. The van der Waals surface area contributed by atoms with Gasteiger partial charge < -0.3 is 15.0 Å². The number of carbonyl (C=O) groups excluding carboxylic acids is 2. The van der Waals surface area contributed by atoms with Crippen LogP contribution in [0.15, 0.2) is 0 Å². The molecule has 1 N–H and O–H groups in total. The number of ether oxygens (including phenoxy) is 1. The van der Waals surface area contributed by atoms with E-state index in [0.29, 0.717) is 25.3 Å². The summed E-state index contributed by atoms with van der Waals surface area (Å²) in [5.41, 5.74) is 2.20. The molecule has 1 fully saturated rings. The van der Waals surface area contributed by atoms with Gasteiger partial charge in [-0.1, -0.05) is 0 Å². The number of rotatable bonds is 4. The van der Waals surface area contributed by atoms with Gasteiger partial charge in [0, 0.05) is 45.9 Å². The van der Waals surface area contributed by atoms with Crippen molar-refractivity contribution >= 4 is 11.8 Å². The van der Waals surface area contributed by atoms with E-state index < -0.39 is 0 Å². The summed E-state index contributed by atoms with van der Waals surface area (Å²) >= 11 is 0. The third-order valence-corrected chi connectivity index (χ3v) is 4.42. The van der Waals surface area contributed by atoms with Crippen LogP contribution < -0.4 is 5.32 Å². The van der Waals surface area contributed by atoms with Crippen LogP contribution in [0.5, 0.6) is 0 Å². The molecule has 2 amide bonds. The Morgan fingerprint density at radius 3 is 2.55 bits per heavy atom. The minimum absolute atomic E-state index is 0.0196. The lowest BCUT2D eigenvalue weighted by Gasteiger charge is -2.16. The zero-order valence-electron chi connectivity index (χ0n) is 13.8. The number of nitrogens with one attached hydrogen (secondary N) is 1. The molecule has 0 unspecified atom stereocenters. The maximum absolute atomic E-state index is 12.8. The molecule has 0 aromatic carbocycles. The lowest BCUT2D eigenvalue weighted by atomic mass is 9.96. The molecule has 0 spiro atoms. The minimum Gasteiger partial charge on any atom is -0.384 e. The molecule has 1 aromatic heterocycles. The van der Waals surface area contributed by atoms with E-state index >= 15 is 0 Å². The van der Waals surface area contributed by atoms with Gasteiger partial charge in [-0.2, -0.15) is 5.10 Å². The molecule has 0 saturated carbocycles. The molecule has 0 aliphatic carbocycles. The van der Waals surface area contributed by atoms with Crippen LogP contribution in [0.2, 0.25) is 0 Å². The molecular weight excluding hydrogens is 284 g/mol. The van der Waals surface area contributed by atoms with Crippen molar-refractivity contribution in [3.05, 3.63) is 17.0 Å². The summed E-state index contributed by atoms with van der Waals surface area (Å²) in [6.45, 7) is 5.12. The molecule has 1 aliphatic rings. The molecule has 2 atom stereocenters. The van der Waals surface area contributed by atoms with Crippen LogP contribution in [0.25, 0.3) is 0 Å². The third-order valence-electron chi connectivity index (χ3n) is 4.42. The van der Waals surface area contributed by atoms with Gasteiger partial charge in [0.1, 0.15) is 0 Å². The largest absolute Gasteiger partial charge is 0.384 e. The van der Waals surface area contributed by atoms with E-state index in [-0.39, 0.29) is 23.7 Å². The Morgan fingerprint density at radius 1 is 1.36 bits per heavy atom. The van der Waals surface area contributed by atoms with Crippen LogP contribution in [0, 0.1) is 25.7 Å². The van der Waals surface area contributed by atoms with Gasteiger partial charge in [-0.25, -0.2) is 0 Å². The second-order valence-corrected chi connectivity index (χ2v) is 5.82. The number of carbonyl (C=O) groups is 2. The van der Waals surface area contributed by atoms with E-state index in [4.69, 9.17) is 4.74 Å². The van der Waals surface area contributed by atoms with Gasteiger partial charge in [-0.3, -0.25) is 14.3 Å². The SMILES string of the molecule is CNC(=O)[C@@H]1CN(C(=O)c2c(C)nn(C)c2C)C[C@H]1COC. The Labute approximate surface area is 130 Å². The van der Waals surface area contributed by atoms with E-state index in [1.807, 2.05) is 20.9 Å². The van der Waals surface area contributed by atoms with E-state index in [9.17, 15) is 9.59 Å². The summed E-state index contributed by atoms with van der Waals surface area (Å²) in [5.74, 6) is -0.315. The lowest BCUT2D eigenvalue weighted by molar-refractivity contribution is -0.125. The zero-order valence-corrected chi connectivity index (χ0v) is 13.8. The number of likely N-dealkylation sites (tertiary alicyclic amines) is 1. The van der Waals surface area contributed by atoms with Crippen LogP contribution >= 0.6 is 0 Å². The van der Waals surface area contributed by atoms with Crippen molar-refractivity contribution in [2.75, 3.05) is 33.9 Å². The van der Waals surface area contributed by atoms with E-state index in [0.717, 1.165) is 11.4 Å². The van der Waals surface area contributed by atoms with E-state index in [2.05, 4.69) is 10.4 Å². The van der Waals surface area contributed by atoms with Gasteiger partial charge in [0.15, 0.2) is 0 Å². The number of methoxy groups -OCH3 is 1. The predicted molar refractivity (Wildman–Crippen MR) is 81.5 cm³/mol.